The van der Waals surface area contributed by atoms with Crippen molar-refractivity contribution in [2.75, 3.05) is 6.61 Å². The van der Waals surface area contributed by atoms with Gasteiger partial charge in [-0.15, -0.1) is 0 Å². The molecule has 2 aromatic carbocycles. The zero-order chi connectivity index (χ0) is 20.3. The van der Waals surface area contributed by atoms with E-state index in [0.717, 1.165) is 13.6 Å². The number of hydrogen-bond donors (Lipinski definition) is 1. The molecule has 1 heterocycles. The van der Waals surface area contributed by atoms with Crippen LogP contribution in [0.5, 0.6) is 5.75 Å². The largest absolute Gasteiger partial charge is 0.483 e. The number of ether oxygens (including phenoxy) is 1. The first-order valence-corrected chi connectivity index (χ1v) is 10.2. The van der Waals surface area contributed by atoms with Gasteiger partial charge in [0.25, 0.3) is 11.5 Å². The molecule has 2 N–H and O–H groups in total. The topological polar surface area (TPSA) is 99.6 Å². The fourth-order valence-corrected chi connectivity index (χ4v) is 3.59. The van der Waals surface area contributed by atoms with E-state index in [0.29, 0.717) is 28.9 Å². The van der Waals surface area contributed by atoms with Crippen molar-refractivity contribution in [2.24, 2.45) is 10.8 Å². The van der Waals surface area contributed by atoms with E-state index in [1.54, 1.807) is 30.5 Å². The molecule has 0 fully saturated rings. The van der Waals surface area contributed by atoms with Crippen molar-refractivity contribution in [3.05, 3.63) is 66.2 Å². The lowest BCUT2D eigenvalue weighted by atomic mass is 10.2. The van der Waals surface area contributed by atoms with Crippen molar-refractivity contribution < 1.29 is 9.53 Å². The van der Waals surface area contributed by atoms with E-state index in [2.05, 4.69) is 48.6 Å². The molecule has 0 saturated carbocycles. The zero-order valence-corrected chi connectivity index (χ0v) is 18.6. The Bertz CT molecular complexity index is 1140. The third-order valence-electron chi connectivity index (χ3n) is 3.84. The van der Waals surface area contributed by atoms with E-state index in [4.69, 9.17) is 10.5 Å². The van der Waals surface area contributed by atoms with E-state index in [1.807, 2.05) is 19.1 Å². The predicted molar refractivity (Wildman–Crippen MR) is 120 cm³/mol. The van der Waals surface area contributed by atoms with Crippen molar-refractivity contribution in [2.45, 2.75) is 13.3 Å². The van der Waals surface area contributed by atoms with E-state index >= 15 is 0 Å². The van der Waals surface area contributed by atoms with Crippen LogP contribution in [0.4, 0.5) is 0 Å². The van der Waals surface area contributed by atoms with Crippen molar-refractivity contribution in [1.82, 2.24) is 9.66 Å². The third kappa shape index (κ3) is 4.58. The summed E-state index contributed by atoms with van der Waals surface area (Å²) in [5.41, 5.74) is 6.29. The predicted octanol–water partition coefficient (Wildman–Crippen LogP) is 3.07. The van der Waals surface area contributed by atoms with Crippen LogP contribution in [0, 0.1) is 3.57 Å². The molecule has 0 saturated heterocycles. The highest BCUT2D eigenvalue weighted by molar-refractivity contribution is 14.1. The molecule has 7 nitrogen and oxygen atoms in total. The Hall–Kier alpha value is -2.27. The first kappa shape index (κ1) is 20.5. The fourth-order valence-electron chi connectivity index (χ4n) is 2.53. The number of benzene rings is 2. The van der Waals surface area contributed by atoms with Crippen LogP contribution in [0.2, 0.25) is 0 Å². The lowest BCUT2D eigenvalue weighted by Gasteiger charge is -2.08. The van der Waals surface area contributed by atoms with Crippen LogP contribution in [0.3, 0.4) is 0 Å². The molecule has 0 bridgehead atoms. The van der Waals surface area contributed by atoms with Gasteiger partial charge in [0, 0.05) is 10.9 Å². The molecule has 9 heteroatoms. The number of carbonyl (C=O) groups is 1. The molecule has 0 spiro atoms. The highest BCUT2D eigenvalue weighted by Crippen LogP contribution is 2.21. The lowest BCUT2D eigenvalue weighted by molar-refractivity contribution is -0.119. The van der Waals surface area contributed by atoms with Crippen LogP contribution < -0.4 is 16.0 Å². The second kappa shape index (κ2) is 8.82. The molecular formula is C19H16BrIN4O3. The van der Waals surface area contributed by atoms with Crippen LogP contribution in [-0.4, -0.2) is 28.4 Å². The average Bonchev–Trinajstić information content (AvgIpc) is 2.66. The van der Waals surface area contributed by atoms with E-state index in [-0.39, 0.29) is 12.2 Å². The summed E-state index contributed by atoms with van der Waals surface area (Å²) in [6.45, 7) is 1.74. The molecule has 0 aliphatic carbocycles. The number of amides is 1. The number of aryl methyl sites for hydroxylation is 1. The molecule has 28 heavy (non-hydrogen) atoms. The molecule has 3 aromatic rings. The van der Waals surface area contributed by atoms with Crippen LogP contribution >= 0.6 is 38.5 Å². The maximum absolute atomic E-state index is 12.9. The Labute approximate surface area is 182 Å². The van der Waals surface area contributed by atoms with Crippen molar-refractivity contribution >= 4 is 61.5 Å². The third-order valence-corrected chi connectivity index (χ3v) is 5.18. The van der Waals surface area contributed by atoms with Gasteiger partial charge in [0.05, 0.1) is 20.7 Å². The minimum Gasteiger partial charge on any atom is -0.483 e. The number of fused-ring (bicyclic) bond motifs is 1. The number of rotatable bonds is 6. The maximum atomic E-state index is 12.9. The zero-order valence-electron chi connectivity index (χ0n) is 14.9. The molecule has 144 valence electrons. The second-order valence-electron chi connectivity index (χ2n) is 5.85. The molecule has 0 unspecified atom stereocenters. The van der Waals surface area contributed by atoms with Gasteiger partial charge in [0.2, 0.25) is 0 Å². The molecule has 0 aliphatic rings. The lowest BCUT2D eigenvalue weighted by Crippen LogP contribution is -2.22. The first-order chi connectivity index (χ1) is 13.4. The minimum atomic E-state index is -0.539. The molecule has 1 aromatic heterocycles. The van der Waals surface area contributed by atoms with Gasteiger partial charge in [-0.25, -0.2) is 4.98 Å². The van der Waals surface area contributed by atoms with E-state index in [1.165, 1.54) is 4.68 Å². The number of aromatic nitrogens is 2. The van der Waals surface area contributed by atoms with Crippen LogP contribution in [0.25, 0.3) is 10.9 Å². The summed E-state index contributed by atoms with van der Waals surface area (Å²) >= 11 is 5.48. The van der Waals surface area contributed by atoms with Gasteiger partial charge in [-0.05, 0) is 64.6 Å². The number of nitrogens with two attached hydrogens (primary N) is 1. The highest BCUT2D eigenvalue weighted by atomic mass is 127. The minimum absolute atomic E-state index is 0.184. The Kier molecular flexibility index (Phi) is 6.45. The quantitative estimate of drug-likeness (QED) is 0.374. The number of carbonyl (C=O) groups excluding carboxylic acids is 1. The van der Waals surface area contributed by atoms with Gasteiger partial charge >= 0.3 is 0 Å². The van der Waals surface area contributed by atoms with E-state index in [9.17, 15) is 9.59 Å². The number of nitrogens with zero attached hydrogens (tertiary/aromatic N) is 3. The highest BCUT2D eigenvalue weighted by Gasteiger charge is 2.10. The summed E-state index contributed by atoms with van der Waals surface area (Å²) < 4.78 is 8.26. The van der Waals surface area contributed by atoms with E-state index < -0.39 is 5.91 Å². The van der Waals surface area contributed by atoms with Gasteiger partial charge in [-0.1, -0.05) is 22.9 Å². The molecule has 0 radical (unpaired) electrons. The Morgan fingerprint density at radius 3 is 2.82 bits per heavy atom. The maximum Gasteiger partial charge on any atom is 0.282 e. The fraction of sp³-hybridized carbons (Fsp3) is 0.158. The number of primary amides is 1. The molecule has 0 aliphatic heterocycles. The normalized spacial score (nSPS) is 11.2. The summed E-state index contributed by atoms with van der Waals surface area (Å²) in [7, 11) is 0. The monoisotopic (exact) mass is 554 g/mol. The average molecular weight is 555 g/mol. The Balaban J connectivity index is 1.96. The summed E-state index contributed by atoms with van der Waals surface area (Å²) in [6.07, 6.45) is 2.15. The van der Waals surface area contributed by atoms with Crippen molar-refractivity contribution in [3.63, 3.8) is 0 Å². The molecular weight excluding hydrogens is 539 g/mol. The Morgan fingerprint density at radius 2 is 2.14 bits per heavy atom. The summed E-state index contributed by atoms with van der Waals surface area (Å²) in [5.74, 6) is 0.593. The number of hydrogen-bond acceptors (Lipinski definition) is 5. The molecule has 0 atom stereocenters. The summed E-state index contributed by atoms with van der Waals surface area (Å²) in [5, 5.41) is 4.85. The standard InChI is InChI=1S/C19H16BrIN4O3/c1-2-18-24-15-5-4-12(20)8-13(15)19(27)25(18)23-9-11-3-6-16(14(21)7-11)28-10-17(22)26/h3-9H,2,10H2,1H3,(H2,22,26). The van der Waals surface area contributed by atoms with Crippen LogP contribution in [0.1, 0.15) is 18.3 Å². The van der Waals surface area contributed by atoms with Gasteiger partial charge in [0.1, 0.15) is 11.6 Å². The van der Waals surface area contributed by atoms with Crippen LogP contribution in [-0.2, 0) is 11.2 Å². The van der Waals surface area contributed by atoms with Crippen molar-refractivity contribution in [3.8, 4) is 5.75 Å². The first-order valence-electron chi connectivity index (χ1n) is 8.35. The SMILES string of the molecule is CCc1nc2ccc(Br)cc2c(=O)n1N=Cc1ccc(OCC(N)=O)c(I)c1. The Morgan fingerprint density at radius 1 is 1.36 bits per heavy atom. The van der Waals surface area contributed by atoms with Crippen LogP contribution in [0.15, 0.2) is 50.8 Å². The van der Waals surface area contributed by atoms with Gasteiger partial charge in [0.15, 0.2) is 6.61 Å². The summed E-state index contributed by atoms with van der Waals surface area (Å²) in [6, 6.07) is 10.7. The van der Waals surface area contributed by atoms with Gasteiger partial charge in [-0.2, -0.15) is 9.78 Å². The molecule has 1 amide bonds. The number of halogens is 2. The smallest absolute Gasteiger partial charge is 0.282 e. The van der Waals surface area contributed by atoms with Gasteiger partial charge < -0.3 is 10.5 Å². The molecule has 3 rings (SSSR count). The summed E-state index contributed by atoms with van der Waals surface area (Å²) in [4.78, 5) is 28.3. The van der Waals surface area contributed by atoms with Gasteiger partial charge in [-0.3, -0.25) is 9.59 Å². The second-order valence-corrected chi connectivity index (χ2v) is 7.93. The van der Waals surface area contributed by atoms with Crippen molar-refractivity contribution in [1.29, 1.82) is 0 Å².